The standard InChI is InChI=1S/C17H14BrNO6/c1-24-16(22)11-6-3-4-9-19(14(11)17(23)25-2)12-8-5-7-10(13(12)18)15(20)21/h3-9H,1-2H3,(H,20,21). The van der Waals surface area contributed by atoms with Gasteiger partial charge in [0.2, 0.25) is 0 Å². The average molecular weight is 408 g/mol. The summed E-state index contributed by atoms with van der Waals surface area (Å²) in [6.45, 7) is 0. The molecule has 0 aromatic heterocycles. The monoisotopic (exact) mass is 407 g/mol. The van der Waals surface area contributed by atoms with Gasteiger partial charge in [0.1, 0.15) is 5.70 Å². The Morgan fingerprint density at radius 1 is 1.08 bits per heavy atom. The van der Waals surface area contributed by atoms with Crippen molar-refractivity contribution in [3.8, 4) is 0 Å². The number of carbonyl (C=O) groups excluding carboxylic acids is 2. The molecule has 1 N–H and O–H groups in total. The fourth-order valence-corrected chi connectivity index (χ4v) is 2.85. The Hall–Kier alpha value is -2.87. The largest absolute Gasteiger partial charge is 0.478 e. The molecule has 0 atom stereocenters. The Kier molecular flexibility index (Phi) is 5.76. The molecule has 1 aliphatic rings. The van der Waals surface area contributed by atoms with Crippen LogP contribution in [0.2, 0.25) is 0 Å². The van der Waals surface area contributed by atoms with E-state index in [-0.39, 0.29) is 21.3 Å². The van der Waals surface area contributed by atoms with Crippen molar-refractivity contribution in [2.75, 3.05) is 19.1 Å². The molecule has 8 heteroatoms. The Bertz CT molecular complexity index is 824. The SMILES string of the molecule is COC(=O)C1=C(C(=O)OC)N(c2cccc(C(=O)O)c2Br)C=CC=C1. The Balaban J connectivity index is 2.74. The number of carboxylic acids is 1. The highest BCUT2D eigenvalue weighted by Gasteiger charge is 2.29. The molecule has 1 heterocycles. The van der Waals surface area contributed by atoms with Crippen LogP contribution in [0.4, 0.5) is 5.69 Å². The molecule has 0 spiro atoms. The van der Waals surface area contributed by atoms with Gasteiger partial charge >= 0.3 is 17.9 Å². The summed E-state index contributed by atoms with van der Waals surface area (Å²) in [6.07, 6.45) is 6.09. The van der Waals surface area contributed by atoms with E-state index in [0.717, 1.165) is 0 Å². The van der Waals surface area contributed by atoms with Gasteiger partial charge in [-0.25, -0.2) is 14.4 Å². The lowest BCUT2D eigenvalue weighted by molar-refractivity contribution is -0.139. The van der Waals surface area contributed by atoms with Crippen LogP contribution >= 0.6 is 15.9 Å². The number of hydrogen-bond acceptors (Lipinski definition) is 6. The van der Waals surface area contributed by atoms with Crippen molar-refractivity contribution in [1.82, 2.24) is 0 Å². The molecular weight excluding hydrogens is 394 g/mol. The quantitative estimate of drug-likeness (QED) is 0.766. The minimum atomic E-state index is -1.14. The number of methoxy groups -OCH3 is 2. The van der Waals surface area contributed by atoms with Crippen molar-refractivity contribution >= 4 is 39.5 Å². The number of esters is 2. The molecule has 0 unspecified atom stereocenters. The van der Waals surface area contributed by atoms with Crippen molar-refractivity contribution in [3.05, 3.63) is 63.9 Å². The third kappa shape index (κ3) is 3.63. The van der Waals surface area contributed by atoms with Crippen LogP contribution in [-0.2, 0) is 19.1 Å². The van der Waals surface area contributed by atoms with Crippen molar-refractivity contribution in [1.29, 1.82) is 0 Å². The molecule has 7 nitrogen and oxygen atoms in total. The molecule has 0 bridgehead atoms. The lowest BCUT2D eigenvalue weighted by Crippen LogP contribution is -2.27. The first kappa shape index (κ1) is 18.5. The molecule has 1 aliphatic heterocycles. The summed E-state index contributed by atoms with van der Waals surface area (Å²) in [5.74, 6) is -2.64. The third-order valence-corrected chi connectivity index (χ3v) is 4.19. The summed E-state index contributed by atoms with van der Waals surface area (Å²) < 4.78 is 9.77. The number of carboxylic acid groups (broad SMARTS) is 1. The Morgan fingerprint density at radius 2 is 1.76 bits per heavy atom. The number of anilines is 1. The predicted octanol–water partition coefficient (Wildman–Crippen LogP) is 2.64. The van der Waals surface area contributed by atoms with E-state index in [0.29, 0.717) is 5.69 Å². The number of allylic oxidation sites excluding steroid dienone is 2. The molecule has 0 radical (unpaired) electrons. The van der Waals surface area contributed by atoms with E-state index in [1.54, 1.807) is 18.2 Å². The summed E-state index contributed by atoms with van der Waals surface area (Å²) in [5.41, 5.74) is 0.239. The molecule has 130 valence electrons. The van der Waals surface area contributed by atoms with E-state index >= 15 is 0 Å². The van der Waals surface area contributed by atoms with E-state index in [2.05, 4.69) is 15.9 Å². The second kappa shape index (κ2) is 7.80. The first-order valence-electron chi connectivity index (χ1n) is 6.99. The molecule has 0 saturated carbocycles. The molecule has 25 heavy (non-hydrogen) atoms. The van der Waals surface area contributed by atoms with Gasteiger partial charge in [-0.15, -0.1) is 0 Å². The lowest BCUT2D eigenvalue weighted by Gasteiger charge is -2.24. The summed E-state index contributed by atoms with van der Waals surface area (Å²) in [6, 6.07) is 4.55. The molecule has 0 aliphatic carbocycles. The van der Waals surface area contributed by atoms with E-state index < -0.39 is 17.9 Å². The number of rotatable bonds is 4. The third-order valence-electron chi connectivity index (χ3n) is 3.36. The van der Waals surface area contributed by atoms with E-state index in [9.17, 15) is 19.5 Å². The fourth-order valence-electron chi connectivity index (χ4n) is 2.22. The summed E-state index contributed by atoms with van der Waals surface area (Å²) in [7, 11) is 2.38. The maximum Gasteiger partial charge on any atom is 0.355 e. The molecule has 1 aromatic carbocycles. The number of aromatic carboxylic acids is 1. The van der Waals surface area contributed by atoms with Crippen LogP contribution in [0.25, 0.3) is 0 Å². The predicted molar refractivity (Wildman–Crippen MR) is 92.9 cm³/mol. The number of nitrogens with zero attached hydrogens (tertiary/aromatic N) is 1. The van der Waals surface area contributed by atoms with Crippen LogP contribution in [0.3, 0.4) is 0 Å². The number of ether oxygens (including phenoxy) is 2. The first-order chi connectivity index (χ1) is 11.9. The maximum atomic E-state index is 12.3. The molecule has 2 rings (SSSR count). The van der Waals surface area contributed by atoms with Crippen LogP contribution in [0.15, 0.2) is 58.4 Å². The second-order valence-electron chi connectivity index (χ2n) is 4.76. The zero-order valence-corrected chi connectivity index (χ0v) is 14.9. The zero-order valence-electron chi connectivity index (χ0n) is 13.4. The van der Waals surface area contributed by atoms with Gasteiger partial charge in [-0.3, -0.25) is 0 Å². The minimum Gasteiger partial charge on any atom is -0.478 e. The fraction of sp³-hybridized carbons (Fsp3) is 0.118. The molecule has 0 fully saturated rings. The highest BCUT2D eigenvalue weighted by Crippen LogP contribution is 2.34. The number of hydrogen-bond donors (Lipinski definition) is 1. The van der Waals surface area contributed by atoms with Crippen LogP contribution in [0.1, 0.15) is 10.4 Å². The van der Waals surface area contributed by atoms with Gasteiger partial charge in [0.25, 0.3) is 0 Å². The summed E-state index contributed by atoms with van der Waals surface area (Å²) in [4.78, 5) is 37.2. The molecule has 0 amide bonds. The highest BCUT2D eigenvalue weighted by molar-refractivity contribution is 9.10. The zero-order chi connectivity index (χ0) is 18.6. The lowest BCUT2D eigenvalue weighted by atomic mass is 10.1. The van der Waals surface area contributed by atoms with Gasteiger partial charge in [0.15, 0.2) is 0 Å². The Labute approximate surface area is 152 Å². The van der Waals surface area contributed by atoms with Crippen LogP contribution in [0.5, 0.6) is 0 Å². The van der Waals surface area contributed by atoms with Crippen LogP contribution in [-0.4, -0.2) is 37.2 Å². The van der Waals surface area contributed by atoms with Gasteiger partial charge in [0.05, 0.1) is 35.5 Å². The summed E-state index contributed by atoms with van der Waals surface area (Å²) in [5, 5.41) is 9.29. The minimum absolute atomic E-state index is 0.00643. The molecular formula is C17H14BrNO6. The maximum absolute atomic E-state index is 12.3. The van der Waals surface area contributed by atoms with Gasteiger partial charge < -0.3 is 19.5 Å². The second-order valence-corrected chi connectivity index (χ2v) is 5.55. The average Bonchev–Trinajstić information content (AvgIpc) is 2.83. The van der Waals surface area contributed by atoms with Crippen molar-refractivity contribution in [3.63, 3.8) is 0 Å². The first-order valence-corrected chi connectivity index (χ1v) is 7.78. The number of halogens is 1. The van der Waals surface area contributed by atoms with Gasteiger partial charge in [-0.05, 0) is 40.2 Å². The normalized spacial score (nSPS) is 13.5. The molecule has 0 saturated heterocycles. The number of benzene rings is 1. The van der Waals surface area contributed by atoms with Crippen molar-refractivity contribution in [2.45, 2.75) is 0 Å². The Morgan fingerprint density at radius 3 is 2.36 bits per heavy atom. The van der Waals surface area contributed by atoms with Gasteiger partial charge in [-0.2, -0.15) is 0 Å². The van der Waals surface area contributed by atoms with E-state index in [4.69, 9.17) is 9.47 Å². The smallest absolute Gasteiger partial charge is 0.355 e. The van der Waals surface area contributed by atoms with Crippen LogP contribution < -0.4 is 4.90 Å². The van der Waals surface area contributed by atoms with Gasteiger partial charge in [-0.1, -0.05) is 12.1 Å². The van der Waals surface area contributed by atoms with E-state index in [1.165, 1.54) is 43.5 Å². The van der Waals surface area contributed by atoms with Crippen molar-refractivity contribution < 1.29 is 29.0 Å². The molecule has 1 aromatic rings. The van der Waals surface area contributed by atoms with E-state index in [1.807, 2.05) is 0 Å². The number of carbonyl (C=O) groups is 3. The highest BCUT2D eigenvalue weighted by atomic mass is 79.9. The van der Waals surface area contributed by atoms with Crippen LogP contribution in [0, 0.1) is 0 Å². The van der Waals surface area contributed by atoms with Gasteiger partial charge in [0, 0.05) is 6.20 Å². The topological polar surface area (TPSA) is 93.1 Å². The summed E-state index contributed by atoms with van der Waals surface area (Å²) >= 11 is 3.25. The van der Waals surface area contributed by atoms with Crippen molar-refractivity contribution in [2.24, 2.45) is 0 Å².